The molecule has 0 spiro atoms. The summed E-state index contributed by atoms with van der Waals surface area (Å²) in [4.78, 5) is 8.26. The van der Waals surface area contributed by atoms with Crippen molar-refractivity contribution in [3.05, 3.63) is 72.4 Å². The lowest BCUT2D eigenvalue weighted by Crippen LogP contribution is -2.23. The second-order valence-corrected chi connectivity index (χ2v) is 7.76. The van der Waals surface area contributed by atoms with Crippen molar-refractivity contribution in [3.8, 4) is 22.6 Å². The van der Waals surface area contributed by atoms with Crippen LogP contribution in [0.15, 0.2) is 66.0 Å². The van der Waals surface area contributed by atoms with Gasteiger partial charge in [0, 0.05) is 30.7 Å². The van der Waals surface area contributed by atoms with Crippen molar-refractivity contribution < 1.29 is 12.8 Å². The first-order valence-corrected chi connectivity index (χ1v) is 9.89. The molecule has 0 saturated heterocycles. The van der Waals surface area contributed by atoms with Gasteiger partial charge >= 0.3 is 0 Å². The topological polar surface area (TPSA) is 126 Å². The monoisotopic (exact) mass is 411 g/mol. The number of nitrogens with one attached hydrogen (secondary N) is 2. The Labute approximate surface area is 165 Å². The van der Waals surface area contributed by atoms with Crippen molar-refractivity contribution in [3.63, 3.8) is 0 Å². The van der Waals surface area contributed by atoms with E-state index in [-0.39, 0.29) is 22.8 Å². The Bertz CT molecular complexity index is 1220. The lowest BCUT2D eigenvalue weighted by molar-refractivity contribution is 0.580. The minimum absolute atomic E-state index is 0.0254. The maximum Gasteiger partial charge on any atom is 0.240 e. The fraction of sp³-hybridized carbons (Fsp3) is 0.0556. The smallest absolute Gasteiger partial charge is 0.240 e. The van der Waals surface area contributed by atoms with E-state index in [1.54, 1.807) is 30.7 Å². The number of H-pyrrole nitrogens is 1. The normalized spacial score (nSPS) is 11.5. The number of sulfonamides is 1. The summed E-state index contributed by atoms with van der Waals surface area (Å²) in [5.74, 6) is -0.685. The Morgan fingerprint density at radius 3 is 2.69 bits per heavy atom. The first-order chi connectivity index (χ1) is 14.0. The Hall–Kier alpha value is -3.57. The number of hydrogen-bond donors (Lipinski definition) is 2. The number of halogens is 1. The second-order valence-electron chi connectivity index (χ2n) is 6.00. The molecular weight excluding hydrogens is 397 g/mol. The second kappa shape index (κ2) is 7.81. The largest absolute Gasteiger partial charge is 0.264 e. The molecule has 3 heterocycles. The molecule has 0 unspecified atom stereocenters. The molecule has 4 rings (SSSR count). The Balaban J connectivity index is 1.50. The van der Waals surface area contributed by atoms with Gasteiger partial charge in [-0.3, -0.25) is 9.97 Å². The SMILES string of the molecule is O=S(=O)(NCc1ccc(-c2cccnc2)nc1)c1ccc(F)c(-c2nn[nH]n2)c1. The minimum atomic E-state index is -3.89. The van der Waals surface area contributed by atoms with Crippen molar-refractivity contribution in [2.24, 2.45) is 0 Å². The standard InChI is InChI=1S/C18H14FN7O2S/c19-16-5-4-14(8-15(16)18-23-25-26-24-18)29(27,28)22-10-12-3-6-17(21-9-12)13-2-1-7-20-11-13/h1-9,11,22H,10H2,(H,23,24,25,26). The van der Waals surface area contributed by atoms with E-state index in [2.05, 4.69) is 35.3 Å². The molecule has 0 radical (unpaired) electrons. The van der Waals surface area contributed by atoms with Crippen LogP contribution in [0.25, 0.3) is 22.6 Å². The third kappa shape index (κ3) is 4.15. The first-order valence-electron chi connectivity index (χ1n) is 8.41. The molecule has 0 aliphatic carbocycles. The summed E-state index contributed by atoms with van der Waals surface area (Å²) in [7, 11) is -3.89. The highest BCUT2D eigenvalue weighted by atomic mass is 32.2. The summed E-state index contributed by atoms with van der Waals surface area (Å²) in [5.41, 5.74) is 2.19. The lowest BCUT2D eigenvalue weighted by atomic mass is 10.1. The summed E-state index contributed by atoms with van der Waals surface area (Å²) in [6.45, 7) is 0.0254. The van der Waals surface area contributed by atoms with E-state index < -0.39 is 15.8 Å². The number of hydrogen-bond acceptors (Lipinski definition) is 7. The van der Waals surface area contributed by atoms with Crippen molar-refractivity contribution >= 4 is 10.0 Å². The molecule has 0 atom stereocenters. The van der Waals surface area contributed by atoms with Crippen LogP contribution in [0.2, 0.25) is 0 Å². The van der Waals surface area contributed by atoms with Gasteiger partial charge in [-0.15, -0.1) is 10.2 Å². The van der Waals surface area contributed by atoms with Crippen LogP contribution >= 0.6 is 0 Å². The summed E-state index contributed by atoms with van der Waals surface area (Å²) in [6.07, 6.45) is 4.95. The molecular formula is C18H14FN7O2S. The first kappa shape index (κ1) is 18.8. The number of aromatic nitrogens is 6. The zero-order valence-corrected chi connectivity index (χ0v) is 15.6. The molecule has 0 amide bonds. The number of rotatable bonds is 6. The molecule has 9 nitrogen and oxygen atoms in total. The average molecular weight is 411 g/mol. The van der Waals surface area contributed by atoms with E-state index >= 15 is 0 Å². The van der Waals surface area contributed by atoms with Crippen LogP contribution in [0.5, 0.6) is 0 Å². The van der Waals surface area contributed by atoms with Gasteiger partial charge in [-0.25, -0.2) is 17.5 Å². The maximum absolute atomic E-state index is 14.0. The van der Waals surface area contributed by atoms with E-state index in [1.807, 2.05) is 12.1 Å². The van der Waals surface area contributed by atoms with Gasteiger partial charge < -0.3 is 0 Å². The highest BCUT2D eigenvalue weighted by Gasteiger charge is 2.18. The molecule has 0 aliphatic rings. The Kier molecular flexibility index (Phi) is 5.06. The van der Waals surface area contributed by atoms with Crippen LogP contribution in [0, 0.1) is 5.82 Å². The van der Waals surface area contributed by atoms with E-state index in [0.29, 0.717) is 5.56 Å². The quantitative estimate of drug-likeness (QED) is 0.496. The van der Waals surface area contributed by atoms with Gasteiger partial charge in [0.15, 0.2) is 0 Å². The third-order valence-electron chi connectivity index (χ3n) is 4.08. The van der Waals surface area contributed by atoms with Crippen LogP contribution in [0.1, 0.15) is 5.56 Å². The maximum atomic E-state index is 14.0. The van der Waals surface area contributed by atoms with Crippen molar-refractivity contribution in [2.45, 2.75) is 11.4 Å². The van der Waals surface area contributed by atoms with E-state index in [4.69, 9.17) is 0 Å². The molecule has 146 valence electrons. The Morgan fingerprint density at radius 1 is 1.10 bits per heavy atom. The zero-order chi connectivity index (χ0) is 20.3. The molecule has 4 aromatic rings. The van der Waals surface area contributed by atoms with Crippen molar-refractivity contribution in [1.29, 1.82) is 0 Å². The number of benzene rings is 1. The highest BCUT2D eigenvalue weighted by Crippen LogP contribution is 2.22. The highest BCUT2D eigenvalue weighted by molar-refractivity contribution is 7.89. The van der Waals surface area contributed by atoms with Gasteiger partial charge in [-0.1, -0.05) is 6.07 Å². The summed E-state index contributed by atoms with van der Waals surface area (Å²) in [6, 6.07) is 10.6. The van der Waals surface area contributed by atoms with Gasteiger partial charge in [0.25, 0.3) is 0 Å². The summed E-state index contributed by atoms with van der Waals surface area (Å²) >= 11 is 0. The van der Waals surface area contributed by atoms with Gasteiger partial charge in [0.2, 0.25) is 15.8 Å². The Morgan fingerprint density at radius 2 is 2.00 bits per heavy atom. The average Bonchev–Trinajstić information content (AvgIpc) is 3.28. The molecule has 0 saturated carbocycles. The van der Waals surface area contributed by atoms with Gasteiger partial charge in [0.1, 0.15) is 5.82 Å². The summed E-state index contributed by atoms with van der Waals surface area (Å²) < 4.78 is 41.7. The van der Waals surface area contributed by atoms with Crippen molar-refractivity contribution in [2.75, 3.05) is 0 Å². The van der Waals surface area contributed by atoms with E-state index in [1.165, 1.54) is 6.07 Å². The number of pyridine rings is 2. The van der Waals surface area contributed by atoms with Crippen LogP contribution < -0.4 is 4.72 Å². The number of nitrogens with zero attached hydrogens (tertiary/aromatic N) is 5. The van der Waals surface area contributed by atoms with Crippen LogP contribution in [0.4, 0.5) is 4.39 Å². The van der Waals surface area contributed by atoms with Crippen molar-refractivity contribution in [1.82, 2.24) is 35.3 Å². The number of aromatic amines is 1. The van der Waals surface area contributed by atoms with Gasteiger partial charge in [-0.05, 0) is 47.2 Å². The molecule has 11 heteroatoms. The van der Waals surface area contributed by atoms with Gasteiger partial charge in [-0.2, -0.15) is 5.21 Å². The molecule has 3 aromatic heterocycles. The fourth-order valence-electron chi connectivity index (χ4n) is 2.59. The predicted octanol–water partition coefficient (Wildman–Crippen LogP) is 1.94. The molecule has 0 aliphatic heterocycles. The van der Waals surface area contributed by atoms with Gasteiger partial charge in [0.05, 0.1) is 16.2 Å². The molecule has 2 N–H and O–H groups in total. The molecule has 1 aromatic carbocycles. The minimum Gasteiger partial charge on any atom is -0.264 e. The van der Waals surface area contributed by atoms with E-state index in [9.17, 15) is 12.8 Å². The fourth-order valence-corrected chi connectivity index (χ4v) is 3.64. The molecule has 29 heavy (non-hydrogen) atoms. The van der Waals surface area contributed by atoms with Crippen LogP contribution in [0.3, 0.4) is 0 Å². The molecule has 0 bridgehead atoms. The van der Waals surface area contributed by atoms with Crippen LogP contribution in [-0.4, -0.2) is 39.0 Å². The van der Waals surface area contributed by atoms with E-state index in [0.717, 1.165) is 23.4 Å². The van der Waals surface area contributed by atoms with Crippen LogP contribution in [-0.2, 0) is 16.6 Å². The lowest BCUT2D eigenvalue weighted by Gasteiger charge is -2.09. The third-order valence-corrected chi connectivity index (χ3v) is 5.48. The predicted molar refractivity (Wildman–Crippen MR) is 101 cm³/mol. The number of tetrazole rings is 1. The zero-order valence-electron chi connectivity index (χ0n) is 14.8. The molecule has 0 fully saturated rings. The summed E-state index contributed by atoms with van der Waals surface area (Å²) in [5, 5.41) is 12.9.